The monoisotopic (exact) mass is 755 g/mol. The van der Waals surface area contributed by atoms with Crippen LogP contribution < -0.4 is 4.90 Å². The van der Waals surface area contributed by atoms with Crippen LogP contribution >= 0.6 is 0 Å². The highest BCUT2D eigenvalue weighted by Gasteiger charge is 2.18. The maximum atomic E-state index is 6.42. The first-order valence-electron chi connectivity index (χ1n) is 19.9. The van der Waals surface area contributed by atoms with Crippen molar-refractivity contribution in [3.63, 3.8) is 0 Å². The van der Waals surface area contributed by atoms with E-state index in [0.29, 0.717) is 0 Å². The first-order valence-corrected chi connectivity index (χ1v) is 19.9. The molecule has 3 nitrogen and oxygen atoms in total. The number of benzene rings is 9. The third-order valence-corrected chi connectivity index (χ3v) is 11.7. The van der Waals surface area contributed by atoms with Gasteiger partial charge in [-0.3, -0.25) is 0 Å². The van der Waals surface area contributed by atoms with Crippen molar-refractivity contribution in [3.05, 3.63) is 213 Å². The molecule has 0 N–H and O–H groups in total. The second-order valence-corrected chi connectivity index (χ2v) is 14.9. The molecule has 3 heteroatoms. The van der Waals surface area contributed by atoms with Gasteiger partial charge < -0.3 is 13.7 Å². The number of furan rings is 2. The largest absolute Gasteiger partial charge is 0.455 e. The van der Waals surface area contributed by atoms with Crippen molar-refractivity contribution in [2.45, 2.75) is 0 Å². The van der Waals surface area contributed by atoms with Crippen molar-refractivity contribution < 1.29 is 8.83 Å². The summed E-state index contributed by atoms with van der Waals surface area (Å²) >= 11 is 0. The topological polar surface area (TPSA) is 29.5 Å². The average molecular weight is 756 g/mol. The second kappa shape index (κ2) is 13.9. The summed E-state index contributed by atoms with van der Waals surface area (Å²) in [6.45, 7) is 7.99. The number of hydrogen-bond donors (Lipinski definition) is 0. The van der Waals surface area contributed by atoms with Crippen LogP contribution in [0.15, 0.2) is 210 Å². The van der Waals surface area contributed by atoms with Gasteiger partial charge in [0.1, 0.15) is 22.5 Å². The molecular weight excluding hydrogens is 719 g/mol. The minimum absolute atomic E-state index is 0.727. The number of nitrogens with zero attached hydrogens (tertiary/aromatic N) is 1. The van der Waals surface area contributed by atoms with Crippen LogP contribution in [0, 0.1) is 0 Å². The molecule has 0 radical (unpaired) electrons. The Labute approximate surface area is 342 Å². The average Bonchev–Trinajstić information content (AvgIpc) is 3.88. The van der Waals surface area contributed by atoms with Crippen LogP contribution in [0.5, 0.6) is 0 Å². The molecule has 0 unspecified atom stereocenters. The van der Waals surface area contributed by atoms with Crippen LogP contribution in [0.25, 0.3) is 100.0 Å². The zero-order chi connectivity index (χ0) is 39.5. The number of anilines is 3. The predicted molar refractivity (Wildman–Crippen MR) is 250 cm³/mol. The maximum Gasteiger partial charge on any atom is 0.143 e. The summed E-state index contributed by atoms with van der Waals surface area (Å²) in [6, 6.07) is 67.0. The minimum Gasteiger partial charge on any atom is -0.455 e. The number of hydrogen-bond acceptors (Lipinski definition) is 3. The van der Waals surface area contributed by atoms with E-state index >= 15 is 0 Å². The first-order chi connectivity index (χ1) is 29.2. The molecule has 278 valence electrons. The third kappa shape index (κ3) is 5.67. The van der Waals surface area contributed by atoms with Gasteiger partial charge in [0.05, 0.1) is 0 Å². The Hall–Kier alpha value is -7.88. The van der Waals surface area contributed by atoms with E-state index in [2.05, 4.69) is 194 Å². The first kappa shape index (κ1) is 34.4. The molecule has 0 spiro atoms. The zero-order valence-corrected chi connectivity index (χ0v) is 32.2. The summed E-state index contributed by atoms with van der Waals surface area (Å²) in [6.07, 6.45) is 3.58. The molecule has 11 aromatic rings. The quantitative estimate of drug-likeness (QED) is 0.145. The van der Waals surface area contributed by atoms with Crippen LogP contribution in [0.4, 0.5) is 17.1 Å². The van der Waals surface area contributed by atoms with E-state index in [0.717, 1.165) is 83.5 Å². The SMILES string of the molecule is C=Cc1oc2c(-c3ccc(N(c4ccc(-c5cccc6c5oc5ccccc56)cc4)c4ccc(-c5cccc6ccc7ccccc7c56)cc4)cc3)cccc2c1C=C. The van der Waals surface area contributed by atoms with Gasteiger partial charge in [0.2, 0.25) is 0 Å². The second-order valence-electron chi connectivity index (χ2n) is 14.9. The summed E-state index contributed by atoms with van der Waals surface area (Å²) in [4.78, 5) is 2.32. The van der Waals surface area contributed by atoms with Gasteiger partial charge >= 0.3 is 0 Å². The lowest BCUT2D eigenvalue weighted by molar-refractivity contribution is 0.604. The fourth-order valence-corrected chi connectivity index (χ4v) is 8.84. The standard InChI is InChI=1S/C56H37NO2/c1-3-44-50-19-10-17-47(55(50)58-52(44)4-2)38-26-32-42(33-27-38)57(43-34-28-39(29-35-43)48-18-11-20-51-49-15-7-8-21-53(49)59-56(48)51)41-30-24-37(25-31-41)46-16-9-13-40-23-22-36-12-5-6-14-45(36)54(40)46/h3-35H,1-2H2. The van der Waals surface area contributed by atoms with Crippen molar-refractivity contribution in [2.24, 2.45) is 0 Å². The van der Waals surface area contributed by atoms with Crippen LogP contribution in [0.3, 0.4) is 0 Å². The van der Waals surface area contributed by atoms with Crippen LogP contribution in [-0.2, 0) is 0 Å². The molecule has 0 saturated heterocycles. The van der Waals surface area contributed by atoms with Gasteiger partial charge in [0.15, 0.2) is 0 Å². The smallest absolute Gasteiger partial charge is 0.143 e. The lowest BCUT2D eigenvalue weighted by Gasteiger charge is -2.26. The molecule has 0 atom stereocenters. The molecule has 0 aliphatic rings. The van der Waals surface area contributed by atoms with E-state index in [4.69, 9.17) is 8.83 Å². The van der Waals surface area contributed by atoms with Crippen LogP contribution in [-0.4, -0.2) is 0 Å². The molecule has 0 saturated carbocycles. The van der Waals surface area contributed by atoms with Crippen molar-refractivity contribution >= 4 is 83.7 Å². The maximum absolute atomic E-state index is 6.42. The Morgan fingerprint density at radius 3 is 1.51 bits per heavy atom. The highest BCUT2D eigenvalue weighted by Crippen LogP contribution is 2.42. The number of fused-ring (bicyclic) bond motifs is 7. The molecular formula is C56H37NO2. The molecule has 0 aliphatic heterocycles. The summed E-state index contributed by atoms with van der Waals surface area (Å²) in [5, 5.41) is 8.28. The molecule has 2 heterocycles. The molecule has 59 heavy (non-hydrogen) atoms. The van der Waals surface area contributed by atoms with Gasteiger partial charge in [-0.1, -0.05) is 165 Å². The lowest BCUT2D eigenvalue weighted by Crippen LogP contribution is -2.09. The van der Waals surface area contributed by atoms with E-state index in [-0.39, 0.29) is 0 Å². The predicted octanol–water partition coefficient (Wildman–Crippen LogP) is 16.4. The lowest BCUT2D eigenvalue weighted by atomic mass is 9.93. The molecule has 0 fully saturated rings. The van der Waals surface area contributed by atoms with Gasteiger partial charge in [-0.15, -0.1) is 0 Å². The molecule has 0 amide bonds. The molecule has 0 bridgehead atoms. The van der Waals surface area contributed by atoms with Gasteiger partial charge in [-0.05, 0) is 92.3 Å². The van der Waals surface area contributed by atoms with Gasteiger partial charge in [-0.25, -0.2) is 0 Å². The summed E-state index contributed by atoms with van der Waals surface area (Å²) in [5.41, 5.74) is 13.4. The van der Waals surface area contributed by atoms with Gasteiger partial charge in [0, 0.05) is 49.9 Å². The van der Waals surface area contributed by atoms with E-state index in [1.807, 2.05) is 18.2 Å². The molecule has 9 aromatic carbocycles. The Kier molecular flexibility index (Phi) is 8.13. The Bertz CT molecular complexity index is 3400. The Morgan fingerprint density at radius 1 is 0.373 bits per heavy atom. The highest BCUT2D eigenvalue weighted by atomic mass is 16.3. The molecule has 11 rings (SSSR count). The minimum atomic E-state index is 0.727. The van der Waals surface area contributed by atoms with Crippen molar-refractivity contribution in [3.8, 4) is 33.4 Å². The van der Waals surface area contributed by atoms with Crippen molar-refractivity contribution in [1.29, 1.82) is 0 Å². The fraction of sp³-hybridized carbons (Fsp3) is 0. The van der Waals surface area contributed by atoms with Crippen molar-refractivity contribution in [1.82, 2.24) is 0 Å². The fourth-order valence-electron chi connectivity index (χ4n) is 8.84. The van der Waals surface area contributed by atoms with E-state index < -0.39 is 0 Å². The van der Waals surface area contributed by atoms with Crippen molar-refractivity contribution in [2.75, 3.05) is 4.90 Å². The van der Waals surface area contributed by atoms with E-state index in [9.17, 15) is 0 Å². The number of rotatable bonds is 8. The van der Waals surface area contributed by atoms with Gasteiger partial charge in [0.25, 0.3) is 0 Å². The van der Waals surface area contributed by atoms with Crippen LogP contribution in [0.2, 0.25) is 0 Å². The van der Waals surface area contributed by atoms with Crippen LogP contribution in [0.1, 0.15) is 11.3 Å². The Morgan fingerprint density at radius 2 is 0.864 bits per heavy atom. The highest BCUT2D eigenvalue weighted by molar-refractivity contribution is 6.14. The van der Waals surface area contributed by atoms with E-state index in [1.165, 1.54) is 32.7 Å². The molecule has 2 aromatic heterocycles. The summed E-state index contributed by atoms with van der Waals surface area (Å²) < 4.78 is 12.7. The zero-order valence-electron chi connectivity index (χ0n) is 32.2. The van der Waals surface area contributed by atoms with E-state index in [1.54, 1.807) is 6.08 Å². The summed E-state index contributed by atoms with van der Waals surface area (Å²) in [5.74, 6) is 0.727. The molecule has 0 aliphatic carbocycles. The van der Waals surface area contributed by atoms with Gasteiger partial charge in [-0.2, -0.15) is 0 Å². The summed E-state index contributed by atoms with van der Waals surface area (Å²) in [7, 11) is 0. The Balaban J connectivity index is 1.02. The number of para-hydroxylation sites is 3. The third-order valence-electron chi connectivity index (χ3n) is 11.7. The normalized spacial score (nSPS) is 11.5.